The quantitative estimate of drug-likeness (QED) is 0.675. The molecule has 0 unspecified atom stereocenters. The minimum Gasteiger partial charge on any atom is -0.370 e. The number of aromatic nitrogens is 1. The van der Waals surface area contributed by atoms with Gasteiger partial charge >= 0.3 is 0 Å². The molecule has 1 N–H and O–H groups in total. The number of hydrogen-bond donors (Lipinski definition) is 1. The molecule has 30 heavy (non-hydrogen) atoms. The topological polar surface area (TPSA) is 69.0 Å². The van der Waals surface area contributed by atoms with E-state index in [2.05, 4.69) is 21.3 Å². The van der Waals surface area contributed by atoms with E-state index in [0.29, 0.717) is 59.7 Å². The number of halogens is 2. The van der Waals surface area contributed by atoms with Gasteiger partial charge in [-0.25, -0.2) is 4.39 Å². The van der Waals surface area contributed by atoms with Crippen LogP contribution in [0.2, 0.25) is 5.02 Å². The van der Waals surface area contributed by atoms with Gasteiger partial charge in [0.15, 0.2) is 0 Å². The lowest BCUT2D eigenvalue weighted by atomic mass is 9.94. The lowest BCUT2D eigenvalue weighted by Gasteiger charge is -2.34. The zero-order valence-corrected chi connectivity index (χ0v) is 17.0. The minimum atomic E-state index is -0.364. The van der Waals surface area contributed by atoms with E-state index in [1.165, 1.54) is 18.3 Å². The highest BCUT2D eigenvalue weighted by atomic mass is 35.5. The summed E-state index contributed by atoms with van der Waals surface area (Å²) < 4.78 is 13.8. The van der Waals surface area contributed by atoms with Gasteiger partial charge in [-0.05, 0) is 48.7 Å². The summed E-state index contributed by atoms with van der Waals surface area (Å²) in [6, 6.07) is 14.0. The Morgan fingerprint density at radius 2 is 1.97 bits per heavy atom. The van der Waals surface area contributed by atoms with Crippen molar-refractivity contribution in [1.29, 1.82) is 5.26 Å². The molecule has 1 amide bonds. The van der Waals surface area contributed by atoms with Gasteiger partial charge in [0.05, 0.1) is 16.8 Å². The van der Waals surface area contributed by atoms with Crippen LogP contribution in [0.3, 0.4) is 0 Å². The van der Waals surface area contributed by atoms with Crippen molar-refractivity contribution < 1.29 is 9.18 Å². The Kier molecular flexibility index (Phi) is 5.82. The summed E-state index contributed by atoms with van der Waals surface area (Å²) in [7, 11) is 0. The highest BCUT2D eigenvalue weighted by Gasteiger charge is 2.27. The number of rotatable bonds is 4. The van der Waals surface area contributed by atoms with Crippen LogP contribution in [0.4, 0.5) is 10.1 Å². The van der Waals surface area contributed by atoms with Gasteiger partial charge in [-0.3, -0.25) is 9.78 Å². The number of piperidine rings is 1. The molecule has 1 aliphatic heterocycles. The molecule has 0 atom stereocenters. The summed E-state index contributed by atoms with van der Waals surface area (Å²) in [5, 5.41) is 13.8. The summed E-state index contributed by atoms with van der Waals surface area (Å²) in [5.74, 6) is -0.434. The fourth-order valence-electron chi connectivity index (χ4n) is 3.87. The van der Waals surface area contributed by atoms with Crippen molar-refractivity contribution in [3.05, 3.63) is 70.6 Å². The Hall–Kier alpha value is -3.17. The minimum absolute atomic E-state index is 0.0238. The summed E-state index contributed by atoms with van der Waals surface area (Å²) >= 11 is 5.89. The van der Waals surface area contributed by atoms with Gasteiger partial charge in [-0.15, -0.1) is 0 Å². The number of carbonyl (C=O) groups is 1. The maximum Gasteiger partial charge on any atom is 0.223 e. The van der Waals surface area contributed by atoms with Crippen LogP contribution in [0.5, 0.6) is 0 Å². The molecule has 4 rings (SSSR count). The Morgan fingerprint density at radius 1 is 1.23 bits per heavy atom. The molecule has 0 saturated carbocycles. The number of hydrogen-bond acceptors (Lipinski definition) is 4. The molecule has 152 valence electrons. The number of anilines is 1. The highest BCUT2D eigenvalue weighted by Crippen LogP contribution is 2.33. The summed E-state index contributed by atoms with van der Waals surface area (Å²) in [4.78, 5) is 18.9. The number of benzene rings is 2. The van der Waals surface area contributed by atoms with Gasteiger partial charge in [0.2, 0.25) is 5.91 Å². The molecule has 7 heteroatoms. The smallest absolute Gasteiger partial charge is 0.223 e. The zero-order chi connectivity index (χ0) is 21.1. The SMILES string of the molecule is N#Cc1cnc2ccc(F)cc2c1N1CCC(C(=O)NCc2ccc(Cl)cc2)CC1. The van der Waals surface area contributed by atoms with E-state index in [1.807, 2.05) is 12.1 Å². The van der Waals surface area contributed by atoms with Crippen LogP contribution in [0.15, 0.2) is 48.7 Å². The normalized spacial score (nSPS) is 14.5. The molecule has 0 aliphatic carbocycles. The van der Waals surface area contributed by atoms with E-state index in [9.17, 15) is 14.4 Å². The van der Waals surface area contributed by atoms with Gasteiger partial charge in [0.1, 0.15) is 11.9 Å². The molecule has 1 fully saturated rings. The zero-order valence-electron chi connectivity index (χ0n) is 16.2. The van der Waals surface area contributed by atoms with Crippen molar-refractivity contribution in [3.8, 4) is 6.07 Å². The Morgan fingerprint density at radius 3 is 2.67 bits per heavy atom. The summed E-state index contributed by atoms with van der Waals surface area (Å²) in [5.41, 5.74) is 2.75. The number of fused-ring (bicyclic) bond motifs is 1. The van der Waals surface area contributed by atoms with E-state index in [1.54, 1.807) is 18.2 Å². The van der Waals surface area contributed by atoms with Crippen LogP contribution in [0.1, 0.15) is 24.0 Å². The first-order valence-electron chi connectivity index (χ1n) is 9.80. The van der Waals surface area contributed by atoms with E-state index in [-0.39, 0.29) is 17.6 Å². The summed E-state index contributed by atoms with van der Waals surface area (Å²) in [6.07, 6.45) is 2.85. The van der Waals surface area contributed by atoms with Gasteiger partial charge in [0.25, 0.3) is 0 Å². The third kappa shape index (κ3) is 4.22. The number of nitrogens with one attached hydrogen (secondary N) is 1. The van der Waals surface area contributed by atoms with Crippen LogP contribution in [-0.2, 0) is 11.3 Å². The Balaban J connectivity index is 1.44. The van der Waals surface area contributed by atoms with Gasteiger partial charge in [0, 0.05) is 42.2 Å². The standard InChI is InChI=1S/C23H20ClFN4O/c24-18-3-1-15(2-4-18)13-28-23(30)16-7-9-29(10-8-16)22-17(12-26)14-27-21-6-5-19(25)11-20(21)22/h1-6,11,14,16H,7-10,13H2,(H,28,30). The lowest BCUT2D eigenvalue weighted by Crippen LogP contribution is -2.40. The average Bonchev–Trinajstić information content (AvgIpc) is 2.77. The van der Waals surface area contributed by atoms with Crippen LogP contribution < -0.4 is 10.2 Å². The van der Waals surface area contributed by atoms with Crippen molar-refractivity contribution in [2.45, 2.75) is 19.4 Å². The van der Waals surface area contributed by atoms with Gasteiger partial charge in [-0.1, -0.05) is 23.7 Å². The first-order chi connectivity index (χ1) is 14.5. The molecule has 0 spiro atoms. The van der Waals surface area contributed by atoms with Gasteiger partial charge < -0.3 is 10.2 Å². The van der Waals surface area contributed by atoms with Crippen molar-refractivity contribution in [2.75, 3.05) is 18.0 Å². The maximum atomic E-state index is 13.8. The fourth-order valence-corrected chi connectivity index (χ4v) is 4.00. The molecule has 1 aliphatic rings. The number of nitrogens with zero attached hydrogens (tertiary/aromatic N) is 3. The number of nitriles is 1. The van der Waals surface area contributed by atoms with Crippen LogP contribution in [0, 0.1) is 23.1 Å². The first kappa shape index (κ1) is 20.1. The van der Waals surface area contributed by atoms with E-state index < -0.39 is 0 Å². The third-order valence-electron chi connectivity index (χ3n) is 5.48. The number of amides is 1. The second kappa shape index (κ2) is 8.68. The molecule has 0 bridgehead atoms. The van der Waals surface area contributed by atoms with Gasteiger partial charge in [-0.2, -0.15) is 5.26 Å². The molecule has 0 radical (unpaired) electrons. The van der Waals surface area contributed by atoms with E-state index >= 15 is 0 Å². The number of carbonyl (C=O) groups excluding carboxylic acids is 1. The largest absolute Gasteiger partial charge is 0.370 e. The monoisotopic (exact) mass is 422 g/mol. The molecule has 2 aromatic carbocycles. The first-order valence-corrected chi connectivity index (χ1v) is 10.2. The van der Waals surface area contributed by atoms with Crippen molar-refractivity contribution >= 4 is 34.1 Å². The van der Waals surface area contributed by atoms with Crippen molar-refractivity contribution in [3.63, 3.8) is 0 Å². The average molecular weight is 423 g/mol. The molecular weight excluding hydrogens is 403 g/mol. The van der Waals surface area contributed by atoms with Crippen LogP contribution >= 0.6 is 11.6 Å². The molecular formula is C23H20ClFN4O. The molecule has 5 nitrogen and oxygen atoms in total. The second-order valence-corrected chi connectivity index (χ2v) is 7.84. The predicted octanol–water partition coefficient (Wildman–Crippen LogP) is 4.43. The second-order valence-electron chi connectivity index (χ2n) is 7.40. The Bertz CT molecular complexity index is 1120. The molecule has 1 saturated heterocycles. The maximum absolute atomic E-state index is 13.8. The molecule has 1 aromatic heterocycles. The van der Waals surface area contributed by atoms with Crippen molar-refractivity contribution in [2.24, 2.45) is 5.92 Å². The third-order valence-corrected chi connectivity index (χ3v) is 5.74. The fraction of sp³-hybridized carbons (Fsp3) is 0.261. The van der Waals surface area contributed by atoms with Crippen LogP contribution in [0.25, 0.3) is 10.9 Å². The number of pyridine rings is 1. The highest BCUT2D eigenvalue weighted by molar-refractivity contribution is 6.30. The summed E-state index contributed by atoms with van der Waals surface area (Å²) in [6.45, 7) is 1.69. The van der Waals surface area contributed by atoms with Crippen LogP contribution in [-0.4, -0.2) is 24.0 Å². The van der Waals surface area contributed by atoms with E-state index in [0.717, 1.165) is 5.56 Å². The van der Waals surface area contributed by atoms with E-state index in [4.69, 9.17) is 11.6 Å². The Labute approximate surface area is 179 Å². The predicted molar refractivity (Wildman–Crippen MR) is 115 cm³/mol. The lowest BCUT2D eigenvalue weighted by molar-refractivity contribution is -0.125. The molecule has 2 heterocycles. The van der Waals surface area contributed by atoms with Crippen molar-refractivity contribution in [1.82, 2.24) is 10.3 Å². The molecule has 3 aromatic rings.